The lowest BCUT2D eigenvalue weighted by molar-refractivity contribution is -0.137. The highest BCUT2D eigenvalue weighted by Crippen LogP contribution is 2.30. The number of hydrogen-bond acceptors (Lipinski definition) is 3. The quantitative estimate of drug-likeness (QED) is 0.905. The van der Waals surface area contributed by atoms with E-state index in [2.05, 4.69) is 0 Å². The highest BCUT2D eigenvalue weighted by molar-refractivity contribution is 6.00. The van der Waals surface area contributed by atoms with Crippen LogP contribution >= 0.6 is 0 Å². The van der Waals surface area contributed by atoms with Gasteiger partial charge in [-0.3, -0.25) is 9.59 Å². The van der Waals surface area contributed by atoms with Crippen LogP contribution < -0.4 is 10.6 Å². The number of carbonyl (C=O) groups excluding carboxylic acids is 2. The van der Waals surface area contributed by atoms with Gasteiger partial charge in [-0.05, 0) is 37.8 Å². The number of benzene rings is 1. The molecule has 0 aromatic heterocycles. The van der Waals surface area contributed by atoms with E-state index in [-0.39, 0.29) is 36.5 Å². The number of halogens is 2. The Balaban J connectivity index is 1.65. The molecule has 25 heavy (non-hydrogen) atoms. The number of piperidine rings is 1. The zero-order chi connectivity index (χ0) is 18.1. The SMILES string of the molecule is CC(N)C1CCN(C(=O)C2CC(=O)N(c3ccc(F)cc3F)C2)CC1. The van der Waals surface area contributed by atoms with E-state index in [1.165, 1.54) is 11.0 Å². The van der Waals surface area contributed by atoms with Crippen molar-refractivity contribution in [1.82, 2.24) is 4.90 Å². The van der Waals surface area contributed by atoms with Gasteiger partial charge in [0.15, 0.2) is 0 Å². The first kappa shape index (κ1) is 17.8. The number of anilines is 1. The molecule has 0 spiro atoms. The van der Waals surface area contributed by atoms with Crippen molar-refractivity contribution in [3.8, 4) is 0 Å². The molecule has 2 aliphatic rings. The number of likely N-dealkylation sites (tertiary alicyclic amines) is 1. The number of hydrogen-bond donors (Lipinski definition) is 1. The molecule has 136 valence electrons. The van der Waals surface area contributed by atoms with E-state index in [0.717, 1.165) is 25.0 Å². The van der Waals surface area contributed by atoms with Gasteiger partial charge in [0.2, 0.25) is 11.8 Å². The van der Waals surface area contributed by atoms with Crippen molar-refractivity contribution >= 4 is 17.5 Å². The molecule has 2 amide bonds. The minimum atomic E-state index is -0.792. The van der Waals surface area contributed by atoms with E-state index in [9.17, 15) is 18.4 Å². The van der Waals surface area contributed by atoms with Crippen LogP contribution in [-0.4, -0.2) is 42.4 Å². The third-order valence-electron chi connectivity index (χ3n) is 5.27. The van der Waals surface area contributed by atoms with E-state index in [0.29, 0.717) is 19.0 Å². The summed E-state index contributed by atoms with van der Waals surface area (Å²) in [7, 11) is 0. The molecular weight excluding hydrogens is 328 g/mol. The summed E-state index contributed by atoms with van der Waals surface area (Å²) in [6.07, 6.45) is 1.78. The molecule has 2 heterocycles. The summed E-state index contributed by atoms with van der Waals surface area (Å²) >= 11 is 0. The highest BCUT2D eigenvalue weighted by atomic mass is 19.1. The summed E-state index contributed by atoms with van der Waals surface area (Å²) in [5, 5.41) is 0. The summed E-state index contributed by atoms with van der Waals surface area (Å²) in [4.78, 5) is 28.0. The molecule has 0 bridgehead atoms. The number of nitrogens with two attached hydrogens (primary N) is 1. The monoisotopic (exact) mass is 351 g/mol. The Hall–Kier alpha value is -2.02. The Labute approximate surface area is 145 Å². The van der Waals surface area contributed by atoms with Crippen molar-refractivity contribution in [2.75, 3.05) is 24.5 Å². The molecule has 1 aromatic carbocycles. The van der Waals surface area contributed by atoms with Gasteiger partial charge in [0.05, 0.1) is 11.6 Å². The Morgan fingerprint density at radius 1 is 1.28 bits per heavy atom. The molecular formula is C18H23F2N3O2. The Bertz CT molecular complexity index is 672. The van der Waals surface area contributed by atoms with E-state index >= 15 is 0 Å². The fourth-order valence-corrected chi connectivity index (χ4v) is 3.71. The van der Waals surface area contributed by atoms with Gasteiger partial charge in [-0.1, -0.05) is 0 Å². The molecule has 2 N–H and O–H groups in total. The number of nitrogens with zero attached hydrogens (tertiary/aromatic N) is 2. The Morgan fingerprint density at radius 2 is 1.96 bits per heavy atom. The van der Waals surface area contributed by atoms with E-state index in [1.807, 2.05) is 6.92 Å². The van der Waals surface area contributed by atoms with Crippen LogP contribution in [0.5, 0.6) is 0 Å². The van der Waals surface area contributed by atoms with Crippen molar-refractivity contribution in [3.63, 3.8) is 0 Å². The smallest absolute Gasteiger partial charge is 0.228 e. The predicted molar refractivity (Wildman–Crippen MR) is 89.8 cm³/mol. The van der Waals surface area contributed by atoms with Crippen LogP contribution in [0.2, 0.25) is 0 Å². The molecule has 3 rings (SSSR count). The topological polar surface area (TPSA) is 66.6 Å². The van der Waals surface area contributed by atoms with Gasteiger partial charge in [0.25, 0.3) is 0 Å². The number of carbonyl (C=O) groups is 2. The third kappa shape index (κ3) is 3.66. The van der Waals surface area contributed by atoms with Crippen LogP contribution in [0.1, 0.15) is 26.2 Å². The van der Waals surface area contributed by atoms with E-state index in [1.54, 1.807) is 4.90 Å². The maximum Gasteiger partial charge on any atom is 0.228 e. The van der Waals surface area contributed by atoms with Crippen molar-refractivity contribution in [2.24, 2.45) is 17.6 Å². The van der Waals surface area contributed by atoms with Crippen LogP contribution in [0, 0.1) is 23.5 Å². The number of rotatable bonds is 3. The maximum atomic E-state index is 13.9. The fraction of sp³-hybridized carbons (Fsp3) is 0.556. The fourth-order valence-electron chi connectivity index (χ4n) is 3.71. The van der Waals surface area contributed by atoms with Crippen LogP contribution in [0.3, 0.4) is 0 Å². The molecule has 5 nitrogen and oxygen atoms in total. The van der Waals surface area contributed by atoms with Crippen molar-refractivity contribution in [2.45, 2.75) is 32.2 Å². The summed E-state index contributed by atoms with van der Waals surface area (Å²) < 4.78 is 27.0. The lowest BCUT2D eigenvalue weighted by Gasteiger charge is -2.35. The summed E-state index contributed by atoms with van der Waals surface area (Å²) in [6.45, 7) is 3.39. The predicted octanol–water partition coefficient (Wildman–Crippen LogP) is 1.90. The average molecular weight is 351 g/mol. The molecule has 2 saturated heterocycles. The largest absolute Gasteiger partial charge is 0.342 e. The zero-order valence-electron chi connectivity index (χ0n) is 14.3. The second kappa shape index (κ2) is 7.07. The second-order valence-electron chi connectivity index (χ2n) is 7.02. The zero-order valence-corrected chi connectivity index (χ0v) is 14.3. The molecule has 2 unspecified atom stereocenters. The van der Waals surface area contributed by atoms with Gasteiger partial charge in [-0.25, -0.2) is 8.78 Å². The molecule has 0 saturated carbocycles. The molecule has 7 heteroatoms. The normalized spacial score (nSPS) is 23.2. The van der Waals surface area contributed by atoms with Gasteiger partial charge in [-0.2, -0.15) is 0 Å². The minimum Gasteiger partial charge on any atom is -0.342 e. The molecule has 0 aliphatic carbocycles. The first-order valence-electron chi connectivity index (χ1n) is 8.66. The maximum absolute atomic E-state index is 13.9. The lowest BCUT2D eigenvalue weighted by Crippen LogP contribution is -2.45. The van der Waals surface area contributed by atoms with Gasteiger partial charge in [0.1, 0.15) is 11.6 Å². The molecule has 2 aliphatic heterocycles. The molecule has 1 aromatic rings. The molecule has 2 fully saturated rings. The van der Waals surface area contributed by atoms with Crippen molar-refractivity contribution in [3.05, 3.63) is 29.8 Å². The van der Waals surface area contributed by atoms with Crippen LogP contribution in [-0.2, 0) is 9.59 Å². The molecule has 0 radical (unpaired) electrons. The first-order chi connectivity index (χ1) is 11.9. The average Bonchev–Trinajstić information content (AvgIpc) is 2.96. The summed E-state index contributed by atoms with van der Waals surface area (Å²) in [6, 6.07) is 3.21. The van der Waals surface area contributed by atoms with Crippen molar-refractivity contribution < 1.29 is 18.4 Å². The van der Waals surface area contributed by atoms with Crippen LogP contribution in [0.4, 0.5) is 14.5 Å². The van der Waals surface area contributed by atoms with Crippen molar-refractivity contribution in [1.29, 1.82) is 0 Å². The second-order valence-corrected chi connectivity index (χ2v) is 7.02. The van der Waals surface area contributed by atoms with E-state index in [4.69, 9.17) is 5.73 Å². The minimum absolute atomic E-state index is 0.0253. The van der Waals surface area contributed by atoms with Crippen LogP contribution in [0.25, 0.3) is 0 Å². The third-order valence-corrected chi connectivity index (χ3v) is 5.27. The van der Waals surface area contributed by atoms with Gasteiger partial charge >= 0.3 is 0 Å². The van der Waals surface area contributed by atoms with Gasteiger partial charge in [-0.15, -0.1) is 0 Å². The summed E-state index contributed by atoms with van der Waals surface area (Å²) in [5.74, 6) is -1.93. The highest BCUT2D eigenvalue weighted by Gasteiger charge is 2.39. The van der Waals surface area contributed by atoms with Gasteiger partial charge in [0, 0.05) is 38.2 Å². The Morgan fingerprint density at radius 3 is 2.56 bits per heavy atom. The summed E-state index contributed by atoms with van der Waals surface area (Å²) in [5.41, 5.74) is 5.94. The first-order valence-corrected chi connectivity index (χ1v) is 8.66. The molecule has 2 atom stereocenters. The Kier molecular flexibility index (Phi) is 5.03. The van der Waals surface area contributed by atoms with Gasteiger partial charge < -0.3 is 15.5 Å². The lowest BCUT2D eigenvalue weighted by atomic mass is 9.90. The number of amides is 2. The standard InChI is InChI=1S/C18H23F2N3O2/c1-11(21)12-4-6-22(7-5-12)18(25)13-8-17(24)23(10-13)16-3-2-14(19)9-15(16)20/h2-3,9,11-13H,4-8,10,21H2,1H3. The van der Waals surface area contributed by atoms with E-state index < -0.39 is 17.6 Å². The van der Waals surface area contributed by atoms with Crippen LogP contribution in [0.15, 0.2) is 18.2 Å².